The van der Waals surface area contributed by atoms with E-state index in [0.717, 1.165) is 63.4 Å². The van der Waals surface area contributed by atoms with E-state index in [0.29, 0.717) is 19.6 Å². The van der Waals surface area contributed by atoms with Crippen molar-refractivity contribution in [2.75, 3.05) is 35.6 Å². The Morgan fingerprint density at radius 1 is 1.05 bits per heavy atom. The summed E-state index contributed by atoms with van der Waals surface area (Å²) >= 11 is 1.52. The Morgan fingerprint density at radius 2 is 1.86 bits per heavy atom. The number of carbonyl (C=O) groups excluding carboxylic acids is 1. The first-order valence-electron chi connectivity index (χ1n) is 15.0. The molecule has 4 N–H and O–H groups in total. The molecule has 1 fully saturated rings. The van der Waals surface area contributed by atoms with Gasteiger partial charge in [0.25, 0.3) is 0 Å². The molecule has 0 aliphatic carbocycles. The number of aromatic nitrogens is 1. The van der Waals surface area contributed by atoms with Crippen molar-refractivity contribution in [2.45, 2.75) is 37.6 Å². The maximum Gasteiger partial charge on any atom is 0.410 e. The lowest BCUT2D eigenvalue weighted by Crippen LogP contribution is -2.46. The van der Waals surface area contributed by atoms with Crippen LogP contribution in [0.15, 0.2) is 96.5 Å². The van der Waals surface area contributed by atoms with Crippen molar-refractivity contribution in [2.24, 2.45) is 0 Å². The Kier molecular flexibility index (Phi) is 7.80. The number of amides is 1. The standard InChI is InChI=1S/C35H35N5O3S/c41-33(32-31(13-19-44-32)37-21-25-12-16-36-29-9-5-4-8-27(25)29)39-26-10-11-30-28(20-26)35(23-38-30)14-17-40(18-15-35)34(42)43-22-24-6-2-1-3-7-24/h1-13,16,19-20,33,37-39,41H,14-15,17-18,21-23H2. The highest BCUT2D eigenvalue weighted by atomic mass is 32.1. The minimum absolute atomic E-state index is 0.0584. The first kappa shape index (κ1) is 28.2. The predicted octanol–water partition coefficient (Wildman–Crippen LogP) is 7.11. The molecule has 0 bridgehead atoms. The number of carbonyl (C=O) groups is 1. The number of hydrogen-bond acceptors (Lipinski definition) is 8. The summed E-state index contributed by atoms with van der Waals surface area (Å²) in [7, 11) is 0. The van der Waals surface area contributed by atoms with Gasteiger partial charge in [-0.1, -0.05) is 48.5 Å². The summed E-state index contributed by atoms with van der Waals surface area (Å²) in [6, 6.07) is 28.2. The summed E-state index contributed by atoms with van der Waals surface area (Å²) in [5, 5.41) is 24.8. The number of piperidine rings is 1. The van der Waals surface area contributed by atoms with Crippen LogP contribution < -0.4 is 16.0 Å². The normalized spacial score (nSPS) is 15.9. The van der Waals surface area contributed by atoms with Gasteiger partial charge in [0, 0.05) is 54.6 Å². The highest BCUT2D eigenvalue weighted by molar-refractivity contribution is 7.10. The zero-order chi connectivity index (χ0) is 29.9. The number of aliphatic hydroxyl groups excluding tert-OH is 1. The van der Waals surface area contributed by atoms with Crippen molar-refractivity contribution in [3.63, 3.8) is 0 Å². The van der Waals surface area contributed by atoms with E-state index < -0.39 is 6.23 Å². The van der Waals surface area contributed by atoms with E-state index in [-0.39, 0.29) is 18.1 Å². The van der Waals surface area contributed by atoms with Gasteiger partial charge in [0.1, 0.15) is 6.61 Å². The Balaban J connectivity index is 0.991. The molecule has 9 heteroatoms. The number of aliphatic hydroxyl groups is 1. The third-order valence-corrected chi connectivity index (χ3v) is 9.82. The molecule has 2 aliphatic rings. The molecule has 1 amide bonds. The fraction of sp³-hybridized carbons (Fsp3) is 0.257. The number of fused-ring (bicyclic) bond motifs is 3. The van der Waals surface area contributed by atoms with Gasteiger partial charge in [0.15, 0.2) is 6.23 Å². The lowest BCUT2D eigenvalue weighted by molar-refractivity contribution is 0.0794. The maximum atomic E-state index is 12.8. The smallest absolute Gasteiger partial charge is 0.410 e. The molecule has 5 aromatic rings. The molecule has 1 atom stereocenters. The number of nitrogens with one attached hydrogen (secondary N) is 3. The number of rotatable bonds is 8. The van der Waals surface area contributed by atoms with Gasteiger partial charge >= 0.3 is 6.09 Å². The second kappa shape index (κ2) is 12.2. The van der Waals surface area contributed by atoms with Crippen LogP contribution >= 0.6 is 11.3 Å². The molecule has 1 unspecified atom stereocenters. The van der Waals surface area contributed by atoms with Crippen molar-refractivity contribution < 1.29 is 14.6 Å². The number of para-hydroxylation sites is 1. The van der Waals surface area contributed by atoms with Crippen LogP contribution in [0.2, 0.25) is 0 Å². The van der Waals surface area contributed by atoms with E-state index in [1.807, 2.05) is 83.2 Å². The molecule has 44 heavy (non-hydrogen) atoms. The summed E-state index contributed by atoms with van der Waals surface area (Å²) in [4.78, 5) is 19.9. The van der Waals surface area contributed by atoms with Crippen LogP contribution in [0.4, 0.5) is 21.9 Å². The first-order valence-corrected chi connectivity index (χ1v) is 15.9. The molecule has 4 heterocycles. The number of ether oxygens (including phenoxy) is 1. The van der Waals surface area contributed by atoms with Crippen molar-refractivity contribution in [1.82, 2.24) is 9.88 Å². The SMILES string of the molecule is O=C(OCc1ccccc1)N1CCC2(CC1)CNc1ccc(NC(O)c3sccc3NCc3ccnc4ccccc34)cc12. The molecule has 1 saturated heterocycles. The van der Waals surface area contributed by atoms with Gasteiger partial charge in [-0.05, 0) is 71.3 Å². The van der Waals surface area contributed by atoms with Crippen molar-refractivity contribution in [1.29, 1.82) is 0 Å². The van der Waals surface area contributed by atoms with Crippen LogP contribution in [0, 0.1) is 0 Å². The summed E-state index contributed by atoms with van der Waals surface area (Å²) in [6.07, 6.45) is 2.41. The average Bonchev–Trinajstić information content (AvgIpc) is 3.68. The summed E-state index contributed by atoms with van der Waals surface area (Å²) in [5.74, 6) is 0. The molecule has 224 valence electrons. The van der Waals surface area contributed by atoms with Crippen molar-refractivity contribution in [3.8, 4) is 0 Å². The van der Waals surface area contributed by atoms with Gasteiger partial charge < -0.3 is 30.7 Å². The highest BCUT2D eigenvalue weighted by Gasteiger charge is 2.42. The number of likely N-dealkylation sites (tertiary alicyclic amines) is 1. The van der Waals surface area contributed by atoms with Gasteiger partial charge in [0.05, 0.1) is 16.1 Å². The largest absolute Gasteiger partial charge is 0.445 e. The Labute approximate surface area is 260 Å². The Morgan fingerprint density at radius 3 is 2.73 bits per heavy atom. The molecule has 1 spiro atoms. The fourth-order valence-corrected chi connectivity index (χ4v) is 7.17. The van der Waals surface area contributed by atoms with Crippen LogP contribution in [0.25, 0.3) is 10.9 Å². The topological polar surface area (TPSA) is 98.8 Å². The number of hydrogen-bond donors (Lipinski definition) is 4. The van der Waals surface area contributed by atoms with Gasteiger partial charge in [-0.15, -0.1) is 11.3 Å². The summed E-state index contributed by atoms with van der Waals surface area (Å²) < 4.78 is 5.58. The molecular formula is C35H35N5O3S. The van der Waals surface area contributed by atoms with Crippen LogP contribution in [0.5, 0.6) is 0 Å². The number of benzene rings is 3. The van der Waals surface area contributed by atoms with E-state index in [9.17, 15) is 9.90 Å². The second-order valence-electron chi connectivity index (χ2n) is 11.5. The predicted molar refractivity (Wildman–Crippen MR) is 176 cm³/mol. The second-order valence-corrected chi connectivity index (χ2v) is 12.5. The molecular weight excluding hydrogens is 570 g/mol. The van der Waals surface area contributed by atoms with Crippen molar-refractivity contribution in [3.05, 3.63) is 118 Å². The Hall–Kier alpha value is -4.60. The molecule has 0 saturated carbocycles. The lowest BCUT2D eigenvalue weighted by atomic mass is 9.74. The molecule has 7 rings (SSSR count). The number of pyridine rings is 1. The van der Waals surface area contributed by atoms with E-state index in [1.54, 1.807) is 0 Å². The van der Waals surface area contributed by atoms with Crippen LogP contribution in [-0.2, 0) is 23.3 Å². The summed E-state index contributed by atoms with van der Waals surface area (Å²) in [5.41, 5.74) is 7.17. The van der Waals surface area contributed by atoms with Gasteiger partial charge in [-0.25, -0.2) is 4.79 Å². The molecule has 0 radical (unpaired) electrons. The van der Waals surface area contributed by atoms with Crippen LogP contribution in [-0.4, -0.2) is 40.7 Å². The Bertz CT molecular complexity index is 1760. The number of nitrogens with zero attached hydrogens (tertiary/aromatic N) is 2. The highest BCUT2D eigenvalue weighted by Crippen LogP contribution is 2.45. The minimum Gasteiger partial charge on any atom is -0.445 e. The zero-order valence-corrected chi connectivity index (χ0v) is 25.1. The quantitative estimate of drug-likeness (QED) is 0.140. The van der Waals surface area contributed by atoms with Gasteiger partial charge in [0.2, 0.25) is 0 Å². The van der Waals surface area contributed by atoms with E-state index in [2.05, 4.69) is 39.1 Å². The molecule has 2 aromatic heterocycles. The first-order chi connectivity index (χ1) is 21.6. The fourth-order valence-electron chi connectivity index (χ4n) is 6.36. The lowest BCUT2D eigenvalue weighted by Gasteiger charge is -2.39. The minimum atomic E-state index is -0.865. The van der Waals surface area contributed by atoms with Gasteiger partial charge in [-0.2, -0.15) is 0 Å². The zero-order valence-electron chi connectivity index (χ0n) is 24.3. The monoisotopic (exact) mass is 605 g/mol. The third-order valence-electron chi connectivity index (χ3n) is 8.85. The molecule has 8 nitrogen and oxygen atoms in total. The van der Waals surface area contributed by atoms with E-state index in [1.165, 1.54) is 16.9 Å². The average molecular weight is 606 g/mol. The van der Waals surface area contributed by atoms with E-state index >= 15 is 0 Å². The van der Waals surface area contributed by atoms with Crippen molar-refractivity contribution >= 4 is 45.4 Å². The molecule has 2 aliphatic heterocycles. The van der Waals surface area contributed by atoms with Gasteiger partial charge in [-0.3, -0.25) is 4.98 Å². The van der Waals surface area contributed by atoms with E-state index in [4.69, 9.17) is 4.74 Å². The number of anilines is 3. The summed E-state index contributed by atoms with van der Waals surface area (Å²) in [6.45, 7) is 3.04. The van der Waals surface area contributed by atoms with Crippen LogP contribution in [0.3, 0.4) is 0 Å². The number of thiophene rings is 1. The maximum absolute atomic E-state index is 12.8. The van der Waals surface area contributed by atoms with Crippen LogP contribution in [0.1, 0.15) is 40.6 Å². The molecule has 3 aromatic carbocycles. The third kappa shape index (κ3) is 5.68.